The summed E-state index contributed by atoms with van der Waals surface area (Å²) in [5.41, 5.74) is 2.87. The van der Waals surface area contributed by atoms with Gasteiger partial charge in [0.2, 0.25) is 0 Å². The first kappa shape index (κ1) is 22.4. The van der Waals surface area contributed by atoms with Crippen LogP contribution in [0.5, 0.6) is 0 Å². The number of nitrogens with zero attached hydrogens (tertiary/aromatic N) is 1. The summed E-state index contributed by atoms with van der Waals surface area (Å²) in [5, 5.41) is 21.7. The fraction of sp³-hybridized carbons (Fsp3) is 0.542. The number of allylic oxidation sites excluding steroid dienone is 3. The van der Waals surface area contributed by atoms with Crippen LogP contribution in [0.2, 0.25) is 0 Å². The van der Waals surface area contributed by atoms with Crippen LogP contribution in [0.1, 0.15) is 61.5 Å². The van der Waals surface area contributed by atoms with Gasteiger partial charge in [0, 0.05) is 37.2 Å². The number of carbonyl (C=O) groups excluding carboxylic acids is 1. The highest BCUT2D eigenvalue weighted by Gasteiger charge is 2.36. The maximum atomic E-state index is 12.5. The minimum atomic E-state index is -0.126. The second-order valence-electron chi connectivity index (χ2n) is 9.27. The van der Waals surface area contributed by atoms with Crippen molar-refractivity contribution in [3.63, 3.8) is 0 Å². The van der Waals surface area contributed by atoms with Gasteiger partial charge in [0.15, 0.2) is 5.76 Å². The molecule has 164 valence electrons. The van der Waals surface area contributed by atoms with E-state index < -0.39 is 0 Å². The van der Waals surface area contributed by atoms with Crippen molar-refractivity contribution < 1.29 is 19.7 Å². The molecule has 1 amide bonds. The van der Waals surface area contributed by atoms with Gasteiger partial charge in [-0.25, -0.2) is 0 Å². The fourth-order valence-corrected chi connectivity index (χ4v) is 4.31. The highest BCUT2D eigenvalue weighted by Crippen LogP contribution is 2.41. The maximum absolute atomic E-state index is 12.5. The lowest BCUT2D eigenvalue weighted by atomic mass is 9.76. The number of ether oxygens (including phenoxy) is 1. The Hall–Kier alpha value is -2.31. The molecule has 3 rings (SSSR count). The molecule has 1 aliphatic heterocycles. The zero-order chi connectivity index (χ0) is 21.9. The predicted octanol–water partition coefficient (Wildman–Crippen LogP) is 3.67. The number of carbonyl (C=O) groups is 1. The number of hydrogen-bond donors (Lipinski definition) is 3. The van der Waals surface area contributed by atoms with Crippen LogP contribution in [-0.2, 0) is 17.8 Å². The van der Waals surface area contributed by atoms with E-state index in [1.807, 2.05) is 12.1 Å². The Morgan fingerprint density at radius 2 is 2.10 bits per heavy atom. The summed E-state index contributed by atoms with van der Waals surface area (Å²) >= 11 is 0. The number of aliphatic hydroxyl groups is 2. The monoisotopic (exact) mass is 414 g/mol. The lowest BCUT2D eigenvalue weighted by molar-refractivity contribution is 0.0907. The van der Waals surface area contributed by atoms with E-state index in [4.69, 9.17) is 9.84 Å². The largest absolute Gasteiger partial charge is 0.504 e. The molecule has 3 N–H and O–H groups in total. The molecule has 2 aliphatic rings. The van der Waals surface area contributed by atoms with Crippen LogP contribution in [0.25, 0.3) is 0 Å². The first-order valence-corrected chi connectivity index (χ1v) is 10.6. The van der Waals surface area contributed by atoms with Crippen molar-refractivity contribution in [2.24, 2.45) is 5.41 Å². The number of aliphatic hydroxyl groups excluding tert-OH is 2. The Kier molecular flexibility index (Phi) is 6.58. The number of nitrogens with one attached hydrogen (secondary N) is 1. The number of benzene rings is 1. The van der Waals surface area contributed by atoms with E-state index in [9.17, 15) is 9.90 Å². The van der Waals surface area contributed by atoms with E-state index in [0.29, 0.717) is 17.7 Å². The summed E-state index contributed by atoms with van der Waals surface area (Å²) in [6, 6.07) is 5.89. The third-order valence-electron chi connectivity index (χ3n) is 6.53. The van der Waals surface area contributed by atoms with Crippen LogP contribution < -0.4 is 5.32 Å². The number of amides is 1. The Morgan fingerprint density at radius 1 is 1.33 bits per heavy atom. The molecule has 0 saturated heterocycles. The minimum absolute atomic E-state index is 0.0504. The third-order valence-corrected chi connectivity index (χ3v) is 6.53. The van der Waals surface area contributed by atoms with Crippen molar-refractivity contribution in [3.05, 3.63) is 58.6 Å². The molecule has 0 fully saturated rings. The van der Waals surface area contributed by atoms with E-state index in [-0.39, 0.29) is 35.8 Å². The molecule has 0 radical (unpaired) electrons. The molecule has 0 spiro atoms. The lowest BCUT2D eigenvalue weighted by Gasteiger charge is -2.39. The van der Waals surface area contributed by atoms with Crippen molar-refractivity contribution in [1.82, 2.24) is 10.2 Å². The Balaban J connectivity index is 1.67. The van der Waals surface area contributed by atoms with E-state index in [1.165, 1.54) is 5.56 Å². The van der Waals surface area contributed by atoms with Gasteiger partial charge in [-0.2, -0.15) is 0 Å². The molecular weight excluding hydrogens is 380 g/mol. The minimum Gasteiger partial charge on any atom is -0.504 e. The lowest BCUT2D eigenvalue weighted by Crippen LogP contribution is -2.41. The zero-order valence-corrected chi connectivity index (χ0v) is 18.5. The Morgan fingerprint density at radius 3 is 2.80 bits per heavy atom. The second kappa shape index (κ2) is 8.82. The summed E-state index contributed by atoms with van der Waals surface area (Å²) in [6.45, 7) is 8.47. The Bertz CT molecular complexity index is 859. The van der Waals surface area contributed by atoms with Gasteiger partial charge in [0.25, 0.3) is 5.91 Å². The van der Waals surface area contributed by atoms with Crippen molar-refractivity contribution in [2.45, 2.75) is 58.7 Å². The average molecular weight is 415 g/mol. The van der Waals surface area contributed by atoms with Crippen LogP contribution in [0.3, 0.4) is 0 Å². The van der Waals surface area contributed by atoms with Crippen molar-refractivity contribution in [1.29, 1.82) is 0 Å². The SMILES string of the molecule is COC1=C(O)C=CC(C)(CCC(C)(C)N2Cc3cccc(C(=O)NCCO)c3C2)C1. The molecule has 1 atom stereocenters. The first-order valence-electron chi connectivity index (χ1n) is 10.6. The van der Waals surface area contributed by atoms with Crippen LogP contribution in [-0.4, -0.2) is 46.8 Å². The summed E-state index contributed by atoms with van der Waals surface area (Å²) in [4.78, 5) is 14.9. The molecule has 30 heavy (non-hydrogen) atoms. The van der Waals surface area contributed by atoms with Crippen LogP contribution in [0, 0.1) is 5.41 Å². The number of fused-ring (bicyclic) bond motifs is 1. The van der Waals surface area contributed by atoms with Crippen LogP contribution >= 0.6 is 0 Å². The standard InChI is InChI=1S/C24H34N2O4/c1-23(2,10-11-24(3)9-8-20(28)21(14-24)30-4)26-15-17-6-5-7-18(19(17)16-26)22(29)25-12-13-27/h5-9,27-28H,10-16H2,1-4H3,(H,25,29). The molecule has 0 saturated carbocycles. The van der Waals surface area contributed by atoms with Crippen molar-refractivity contribution in [3.8, 4) is 0 Å². The quantitative estimate of drug-likeness (QED) is 0.605. The van der Waals surface area contributed by atoms with Gasteiger partial charge in [-0.15, -0.1) is 0 Å². The molecule has 1 unspecified atom stereocenters. The van der Waals surface area contributed by atoms with Gasteiger partial charge < -0.3 is 20.3 Å². The van der Waals surface area contributed by atoms with Crippen molar-refractivity contribution in [2.75, 3.05) is 20.3 Å². The number of hydrogen-bond acceptors (Lipinski definition) is 5. The fourth-order valence-electron chi connectivity index (χ4n) is 4.31. The molecular formula is C24H34N2O4. The first-order chi connectivity index (χ1) is 14.2. The summed E-state index contributed by atoms with van der Waals surface area (Å²) in [6.07, 6.45) is 6.47. The third kappa shape index (κ3) is 4.71. The summed E-state index contributed by atoms with van der Waals surface area (Å²) in [5.74, 6) is 0.736. The topological polar surface area (TPSA) is 82.0 Å². The van der Waals surface area contributed by atoms with E-state index in [1.54, 1.807) is 13.2 Å². The van der Waals surface area contributed by atoms with Crippen molar-refractivity contribution >= 4 is 5.91 Å². The predicted molar refractivity (Wildman–Crippen MR) is 117 cm³/mol. The molecule has 6 nitrogen and oxygen atoms in total. The van der Waals surface area contributed by atoms with E-state index in [0.717, 1.165) is 31.5 Å². The van der Waals surface area contributed by atoms with Gasteiger partial charge in [0.05, 0.1) is 13.7 Å². The number of methoxy groups -OCH3 is 1. The van der Waals surface area contributed by atoms with Gasteiger partial charge in [0.1, 0.15) is 5.76 Å². The van der Waals surface area contributed by atoms with Crippen LogP contribution in [0.4, 0.5) is 0 Å². The summed E-state index contributed by atoms with van der Waals surface area (Å²) < 4.78 is 5.35. The van der Waals surface area contributed by atoms with E-state index >= 15 is 0 Å². The smallest absolute Gasteiger partial charge is 0.251 e. The van der Waals surface area contributed by atoms with E-state index in [2.05, 4.69) is 43.1 Å². The second-order valence-corrected chi connectivity index (χ2v) is 9.27. The molecule has 0 bridgehead atoms. The molecule has 1 aromatic carbocycles. The zero-order valence-electron chi connectivity index (χ0n) is 18.5. The van der Waals surface area contributed by atoms with Gasteiger partial charge >= 0.3 is 0 Å². The Labute approximate surface area is 179 Å². The molecule has 0 aromatic heterocycles. The molecule has 1 aromatic rings. The highest BCUT2D eigenvalue weighted by atomic mass is 16.5. The highest BCUT2D eigenvalue weighted by molar-refractivity contribution is 5.96. The van der Waals surface area contributed by atoms with Gasteiger partial charge in [-0.1, -0.05) is 25.1 Å². The van der Waals surface area contributed by atoms with Gasteiger partial charge in [-0.3, -0.25) is 9.69 Å². The maximum Gasteiger partial charge on any atom is 0.251 e. The average Bonchev–Trinajstić information content (AvgIpc) is 3.18. The number of rotatable bonds is 8. The normalized spacial score (nSPS) is 21.6. The van der Waals surface area contributed by atoms with Gasteiger partial charge in [-0.05, 0) is 55.4 Å². The molecule has 1 heterocycles. The van der Waals surface area contributed by atoms with Crippen LogP contribution in [0.15, 0.2) is 41.9 Å². The summed E-state index contributed by atoms with van der Waals surface area (Å²) in [7, 11) is 1.60. The molecule has 6 heteroatoms. The molecule has 1 aliphatic carbocycles.